The second kappa shape index (κ2) is 11.1. The molecule has 3 heterocycles. The lowest BCUT2D eigenvalue weighted by molar-refractivity contribution is -0.286. The summed E-state index contributed by atoms with van der Waals surface area (Å²) < 4.78 is 48.5. The first-order chi connectivity index (χ1) is 22.3. The predicted octanol–water partition coefficient (Wildman–Crippen LogP) is 5.63. The van der Waals surface area contributed by atoms with Crippen molar-refractivity contribution in [2.75, 3.05) is 49.4 Å². The van der Waals surface area contributed by atoms with Crippen molar-refractivity contribution in [3.63, 3.8) is 0 Å². The van der Waals surface area contributed by atoms with Gasteiger partial charge in [-0.25, -0.2) is 4.98 Å². The fraction of sp³-hybridized carbons (Fsp3) is 0.441. The highest BCUT2D eigenvalue weighted by atomic mass is 19.3. The minimum atomic E-state index is -3.93. The van der Waals surface area contributed by atoms with E-state index in [4.69, 9.17) is 9.47 Å². The number of halogens is 2. The molecule has 3 saturated carbocycles. The van der Waals surface area contributed by atoms with E-state index in [1.54, 1.807) is 18.3 Å². The van der Waals surface area contributed by atoms with Crippen LogP contribution in [0.15, 0.2) is 48.7 Å². The van der Waals surface area contributed by atoms with Crippen LogP contribution in [0.5, 0.6) is 17.2 Å². The highest BCUT2D eigenvalue weighted by Gasteiger charge is 2.70. The standard InChI is InChI=1S/C34H37F2N5O6/c1-31(2,3)20-6-5-7-21(14-20)38-29(42)22-15-25-26(47-34(35,36)46-25)16-23(22)39-30(43)27-24(44-4)8-9-37-28(27)40-32-17-33(18-32,19-32)41-10-12-45-13-11-41/h5-9,14-16H,10-13,17-19H2,1-4H3,(H,37,40)(H,38,42)(H,39,43). The number of hydrogen-bond donors (Lipinski definition) is 3. The smallest absolute Gasteiger partial charge is 0.496 e. The fourth-order valence-electron chi connectivity index (χ4n) is 7.15. The maximum atomic E-state index is 14.1. The molecule has 3 aliphatic carbocycles. The van der Waals surface area contributed by atoms with Gasteiger partial charge in [0, 0.05) is 42.1 Å². The van der Waals surface area contributed by atoms with Gasteiger partial charge in [0.2, 0.25) is 0 Å². The van der Waals surface area contributed by atoms with Crippen LogP contribution in [0.3, 0.4) is 0 Å². The van der Waals surface area contributed by atoms with Gasteiger partial charge in [-0.3, -0.25) is 14.5 Å². The van der Waals surface area contributed by atoms with E-state index in [0.717, 1.165) is 63.3 Å². The Morgan fingerprint density at radius 3 is 2.34 bits per heavy atom. The van der Waals surface area contributed by atoms with Crippen LogP contribution in [0.1, 0.15) is 66.3 Å². The number of anilines is 3. The fourth-order valence-corrected chi connectivity index (χ4v) is 7.15. The van der Waals surface area contributed by atoms with Crippen LogP contribution < -0.4 is 30.2 Å². The average Bonchev–Trinajstić information content (AvgIpc) is 3.30. The van der Waals surface area contributed by atoms with Crippen molar-refractivity contribution in [3.05, 3.63) is 65.4 Å². The molecule has 248 valence electrons. The summed E-state index contributed by atoms with van der Waals surface area (Å²) in [4.78, 5) is 34.6. The van der Waals surface area contributed by atoms with Gasteiger partial charge in [-0.05, 0) is 54.5 Å². The van der Waals surface area contributed by atoms with Crippen LogP contribution in [-0.4, -0.2) is 72.5 Å². The largest absolute Gasteiger partial charge is 0.586 e. The minimum absolute atomic E-state index is 0.0619. The number of benzene rings is 2. The zero-order valence-electron chi connectivity index (χ0n) is 26.7. The zero-order valence-corrected chi connectivity index (χ0v) is 26.7. The second-order valence-corrected chi connectivity index (χ2v) is 13.7. The van der Waals surface area contributed by atoms with Gasteiger partial charge in [0.25, 0.3) is 11.8 Å². The number of pyridine rings is 1. The summed E-state index contributed by atoms with van der Waals surface area (Å²) in [5, 5.41) is 9.05. The number of methoxy groups -OCH3 is 1. The lowest BCUT2D eigenvalue weighted by Gasteiger charge is -2.74. The summed E-state index contributed by atoms with van der Waals surface area (Å²) in [6.07, 6.45) is 0.365. The summed E-state index contributed by atoms with van der Waals surface area (Å²) in [5.41, 5.74) is 1.19. The Labute approximate surface area is 270 Å². The Morgan fingerprint density at radius 1 is 0.957 bits per heavy atom. The van der Waals surface area contributed by atoms with E-state index < -0.39 is 18.1 Å². The topological polar surface area (TPSA) is 123 Å². The quantitative estimate of drug-likeness (QED) is 0.285. The number of alkyl halides is 2. The van der Waals surface area contributed by atoms with Crippen molar-refractivity contribution in [1.29, 1.82) is 0 Å². The van der Waals surface area contributed by atoms with Crippen LogP contribution >= 0.6 is 0 Å². The average molecular weight is 650 g/mol. The molecule has 0 radical (unpaired) electrons. The highest BCUT2D eigenvalue weighted by molar-refractivity contribution is 6.15. The number of nitrogens with zero attached hydrogens (tertiary/aromatic N) is 2. The maximum absolute atomic E-state index is 14.1. The molecule has 2 bridgehead atoms. The number of nitrogens with one attached hydrogen (secondary N) is 3. The number of rotatable bonds is 8. The molecule has 0 spiro atoms. The van der Waals surface area contributed by atoms with Crippen LogP contribution in [0, 0.1) is 0 Å². The number of morpholine rings is 1. The zero-order chi connectivity index (χ0) is 33.2. The highest BCUT2D eigenvalue weighted by Crippen LogP contribution is 2.65. The van der Waals surface area contributed by atoms with Crippen molar-refractivity contribution in [2.24, 2.45) is 0 Å². The summed E-state index contributed by atoms with van der Waals surface area (Å²) in [7, 11) is 1.44. The molecule has 13 heteroatoms. The van der Waals surface area contributed by atoms with Crippen molar-refractivity contribution in [2.45, 2.75) is 62.8 Å². The number of hydrogen-bond acceptors (Lipinski definition) is 9. The van der Waals surface area contributed by atoms with Gasteiger partial charge in [0.1, 0.15) is 17.1 Å². The number of fused-ring (bicyclic) bond motifs is 1. The molecule has 0 atom stereocenters. The molecule has 2 aromatic carbocycles. The van der Waals surface area contributed by atoms with E-state index >= 15 is 0 Å². The third kappa shape index (κ3) is 5.71. The van der Waals surface area contributed by atoms with Gasteiger partial charge in [-0.2, -0.15) is 0 Å². The van der Waals surface area contributed by atoms with Crippen molar-refractivity contribution in [3.8, 4) is 17.2 Å². The van der Waals surface area contributed by atoms with Crippen LogP contribution in [-0.2, 0) is 10.2 Å². The Kier molecular flexibility index (Phi) is 7.32. The lowest BCUT2D eigenvalue weighted by atomic mass is 9.43. The molecular weight excluding hydrogens is 612 g/mol. The van der Waals surface area contributed by atoms with Crippen molar-refractivity contribution >= 4 is 29.0 Å². The molecule has 11 nitrogen and oxygen atoms in total. The minimum Gasteiger partial charge on any atom is -0.496 e. The van der Waals surface area contributed by atoms with Crippen LogP contribution in [0.25, 0.3) is 0 Å². The number of carbonyl (C=O) groups excluding carboxylic acids is 2. The first-order valence-electron chi connectivity index (χ1n) is 15.6. The van der Waals surface area contributed by atoms with E-state index in [-0.39, 0.29) is 50.6 Å². The summed E-state index contributed by atoms with van der Waals surface area (Å²) >= 11 is 0. The van der Waals surface area contributed by atoms with E-state index in [1.165, 1.54) is 7.11 Å². The Morgan fingerprint density at radius 2 is 1.66 bits per heavy atom. The number of carbonyl (C=O) groups is 2. The van der Waals surface area contributed by atoms with Crippen LogP contribution in [0.2, 0.25) is 0 Å². The Balaban J connectivity index is 1.16. The molecule has 0 unspecified atom stereocenters. The molecular formula is C34H37F2N5O6. The first kappa shape index (κ1) is 31.1. The predicted molar refractivity (Wildman–Crippen MR) is 170 cm³/mol. The Bertz CT molecular complexity index is 1730. The summed E-state index contributed by atoms with van der Waals surface area (Å²) in [5.74, 6) is -1.37. The van der Waals surface area contributed by atoms with Gasteiger partial charge in [0.05, 0.1) is 31.6 Å². The van der Waals surface area contributed by atoms with Gasteiger partial charge in [-0.1, -0.05) is 32.9 Å². The number of ether oxygens (including phenoxy) is 4. The van der Waals surface area contributed by atoms with Crippen molar-refractivity contribution < 1.29 is 37.3 Å². The molecule has 3 N–H and O–H groups in total. The van der Waals surface area contributed by atoms with Gasteiger partial charge < -0.3 is 34.9 Å². The maximum Gasteiger partial charge on any atom is 0.586 e. The molecule has 4 fully saturated rings. The van der Waals surface area contributed by atoms with E-state index in [0.29, 0.717) is 11.5 Å². The second-order valence-electron chi connectivity index (χ2n) is 13.7. The Hall–Kier alpha value is -4.49. The van der Waals surface area contributed by atoms with Gasteiger partial charge in [-0.15, -0.1) is 8.78 Å². The number of aromatic nitrogens is 1. The summed E-state index contributed by atoms with van der Waals surface area (Å²) in [6, 6.07) is 11.2. The van der Waals surface area contributed by atoms with E-state index in [9.17, 15) is 18.4 Å². The molecule has 1 saturated heterocycles. The van der Waals surface area contributed by atoms with E-state index in [2.05, 4.69) is 35.3 Å². The molecule has 3 aromatic rings. The SMILES string of the molecule is COc1ccnc(NC23CC(N4CCOCC4)(C2)C3)c1C(=O)Nc1cc2c(cc1C(=O)Nc1cccc(C(C)(C)C)c1)OC(F)(F)O2. The summed E-state index contributed by atoms with van der Waals surface area (Å²) in [6.45, 7) is 9.40. The number of amides is 2. The van der Waals surface area contributed by atoms with Gasteiger partial charge in [0.15, 0.2) is 11.5 Å². The monoisotopic (exact) mass is 649 g/mol. The van der Waals surface area contributed by atoms with Crippen LogP contribution in [0.4, 0.5) is 26.0 Å². The molecule has 5 aliphatic rings. The molecule has 2 aliphatic heterocycles. The normalized spacial score (nSPS) is 24.0. The lowest BCUT2D eigenvalue weighted by Crippen LogP contribution is -2.82. The third-order valence-electron chi connectivity index (χ3n) is 9.45. The first-order valence-corrected chi connectivity index (χ1v) is 15.6. The third-order valence-corrected chi connectivity index (χ3v) is 9.45. The molecule has 47 heavy (non-hydrogen) atoms. The molecule has 1 aromatic heterocycles. The van der Waals surface area contributed by atoms with Crippen molar-refractivity contribution in [1.82, 2.24) is 9.88 Å². The molecule has 2 amide bonds. The molecule has 8 rings (SSSR count). The van der Waals surface area contributed by atoms with E-state index in [1.807, 2.05) is 39.0 Å². The van der Waals surface area contributed by atoms with Gasteiger partial charge >= 0.3 is 6.29 Å².